The van der Waals surface area contributed by atoms with E-state index in [1.54, 1.807) is 0 Å². The van der Waals surface area contributed by atoms with E-state index in [0.717, 1.165) is 0 Å². The van der Waals surface area contributed by atoms with Gasteiger partial charge in [-0.3, -0.25) is 4.79 Å². The van der Waals surface area contributed by atoms with Crippen LogP contribution in [0.1, 0.15) is 65.7 Å². The molecule has 1 atom stereocenters. The highest BCUT2D eigenvalue weighted by Gasteiger charge is 2.26. The average Bonchev–Trinajstić information content (AvgIpc) is 2.51. The predicted octanol–water partition coefficient (Wildman–Crippen LogP) is 3.26. The van der Waals surface area contributed by atoms with Crippen molar-refractivity contribution in [2.75, 3.05) is 6.54 Å². The third-order valence-electron chi connectivity index (χ3n) is 3.72. The van der Waals surface area contributed by atoms with Crippen LogP contribution in [0.15, 0.2) is 0 Å². The fourth-order valence-corrected chi connectivity index (χ4v) is 2.82. The molecule has 0 spiro atoms. The zero-order chi connectivity index (χ0) is 13.6. The molecule has 0 radical (unpaired) electrons. The van der Waals surface area contributed by atoms with Gasteiger partial charge in [-0.1, -0.05) is 38.5 Å². The van der Waals surface area contributed by atoms with E-state index in [1.807, 2.05) is 20.8 Å². The first-order valence-corrected chi connectivity index (χ1v) is 7.34. The Labute approximate surface area is 111 Å². The number of nitrogens with two attached hydrogens (primary N) is 1. The molecule has 1 aliphatic carbocycles. The van der Waals surface area contributed by atoms with Crippen LogP contribution in [-0.2, 0) is 9.53 Å². The van der Waals surface area contributed by atoms with Gasteiger partial charge in [-0.2, -0.15) is 0 Å². The van der Waals surface area contributed by atoms with Crippen molar-refractivity contribution < 1.29 is 9.53 Å². The fourth-order valence-electron chi connectivity index (χ4n) is 2.82. The molecule has 1 aliphatic rings. The van der Waals surface area contributed by atoms with Gasteiger partial charge >= 0.3 is 5.97 Å². The quantitative estimate of drug-likeness (QED) is 0.619. The van der Waals surface area contributed by atoms with Gasteiger partial charge in [0.15, 0.2) is 0 Å². The number of carbonyl (C=O) groups is 1. The van der Waals surface area contributed by atoms with Crippen molar-refractivity contribution in [3.8, 4) is 0 Å². The molecule has 2 N–H and O–H groups in total. The zero-order valence-electron chi connectivity index (χ0n) is 12.2. The van der Waals surface area contributed by atoms with Gasteiger partial charge < -0.3 is 10.5 Å². The van der Waals surface area contributed by atoms with Crippen molar-refractivity contribution in [2.45, 2.75) is 71.3 Å². The van der Waals surface area contributed by atoms with Crippen LogP contribution in [0, 0.1) is 11.8 Å². The SMILES string of the molecule is CC(C)(C)OC(=O)CC(CN)C1CCCCCC1. The van der Waals surface area contributed by atoms with Gasteiger partial charge in [0.25, 0.3) is 0 Å². The van der Waals surface area contributed by atoms with Crippen LogP contribution in [0.2, 0.25) is 0 Å². The van der Waals surface area contributed by atoms with E-state index in [9.17, 15) is 4.79 Å². The van der Waals surface area contributed by atoms with E-state index in [2.05, 4.69) is 0 Å². The summed E-state index contributed by atoms with van der Waals surface area (Å²) in [6.07, 6.45) is 8.18. The van der Waals surface area contributed by atoms with Crippen molar-refractivity contribution in [1.29, 1.82) is 0 Å². The Bertz CT molecular complexity index is 250. The Morgan fingerprint density at radius 2 is 1.78 bits per heavy atom. The molecule has 3 heteroatoms. The fraction of sp³-hybridized carbons (Fsp3) is 0.933. The third-order valence-corrected chi connectivity index (χ3v) is 3.72. The predicted molar refractivity (Wildman–Crippen MR) is 74.2 cm³/mol. The lowest BCUT2D eigenvalue weighted by molar-refractivity contribution is -0.156. The largest absolute Gasteiger partial charge is 0.460 e. The minimum Gasteiger partial charge on any atom is -0.460 e. The highest BCUT2D eigenvalue weighted by atomic mass is 16.6. The maximum atomic E-state index is 11.9. The van der Waals surface area contributed by atoms with Crippen LogP contribution in [-0.4, -0.2) is 18.1 Å². The molecule has 1 unspecified atom stereocenters. The molecular weight excluding hydrogens is 226 g/mol. The summed E-state index contributed by atoms with van der Waals surface area (Å²) >= 11 is 0. The Morgan fingerprint density at radius 1 is 1.22 bits per heavy atom. The number of hydrogen-bond donors (Lipinski definition) is 1. The van der Waals surface area contributed by atoms with E-state index in [0.29, 0.717) is 24.8 Å². The summed E-state index contributed by atoms with van der Waals surface area (Å²) < 4.78 is 5.40. The normalized spacial score (nSPS) is 20.2. The van der Waals surface area contributed by atoms with E-state index < -0.39 is 0 Å². The zero-order valence-corrected chi connectivity index (χ0v) is 12.2. The molecule has 1 fully saturated rings. The lowest BCUT2D eigenvalue weighted by atomic mass is 9.84. The number of carbonyl (C=O) groups excluding carboxylic acids is 1. The van der Waals surface area contributed by atoms with Crippen LogP contribution in [0.25, 0.3) is 0 Å². The van der Waals surface area contributed by atoms with Crippen molar-refractivity contribution in [1.82, 2.24) is 0 Å². The first kappa shape index (κ1) is 15.5. The van der Waals surface area contributed by atoms with Gasteiger partial charge in [0.2, 0.25) is 0 Å². The second-order valence-electron chi connectivity index (χ2n) is 6.54. The molecule has 0 amide bonds. The third kappa shape index (κ3) is 5.85. The highest BCUT2D eigenvalue weighted by Crippen LogP contribution is 2.30. The summed E-state index contributed by atoms with van der Waals surface area (Å²) in [4.78, 5) is 11.9. The van der Waals surface area contributed by atoms with E-state index in [1.165, 1.54) is 38.5 Å². The van der Waals surface area contributed by atoms with Crippen molar-refractivity contribution >= 4 is 5.97 Å². The molecule has 0 aromatic heterocycles. The smallest absolute Gasteiger partial charge is 0.306 e. The Morgan fingerprint density at radius 3 is 2.22 bits per heavy atom. The monoisotopic (exact) mass is 255 g/mol. The van der Waals surface area contributed by atoms with Gasteiger partial charge in [0.05, 0.1) is 0 Å². The standard InChI is InChI=1S/C15H29NO2/c1-15(2,3)18-14(17)10-13(11-16)12-8-6-4-5-7-9-12/h12-13H,4-11,16H2,1-3H3. The Balaban J connectivity index is 2.47. The van der Waals surface area contributed by atoms with Gasteiger partial charge in [0, 0.05) is 6.42 Å². The molecule has 0 aromatic rings. The summed E-state index contributed by atoms with van der Waals surface area (Å²) in [5.41, 5.74) is 5.47. The van der Waals surface area contributed by atoms with E-state index in [4.69, 9.17) is 10.5 Å². The first-order chi connectivity index (χ1) is 8.42. The highest BCUT2D eigenvalue weighted by molar-refractivity contribution is 5.70. The number of hydrogen-bond acceptors (Lipinski definition) is 3. The molecule has 0 heterocycles. The van der Waals surface area contributed by atoms with Crippen molar-refractivity contribution in [3.05, 3.63) is 0 Å². The minimum atomic E-state index is -0.389. The average molecular weight is 255 g/mol. The van der Waals surface area contributed by atoms with Crippen LogP contribution in [0.4, 0.5) is 0 Å². The van der Waals surface area contributed by atoms with Crippen LogP contribution in [0.5, 0.6) is 0 Å². The molecule has 3 nitrogen and oxygen atoms in total. The lowest BCUT2D eigenvalue weighted by Crippen LogP contribution is -2.30. The van der Waals surface area contributed by atoms with Gasteiger partial charge in [0.1, 0.15) is 5.60 Å². The number of esters is 1. The molecule has 106 valence electrons. The van der Waals surface area contributed by atoms with Crippen molar-refractivity contribution in [3.63, 3.8) is 0 Å². The minimum absolute atomic E-state index is 0.0952. The summed E-state index contributed by atoms with van der Waals surface area (Å²) in [6.45, 7) is 6.33. The van der Waals surface area contributed by atoms with Crippen LogP contribution < -0.4 is 5.73 Å². The van der Waals surface area contributed by atoms with Crippen LogP contribution >= 0.6 is 0 Å². The second kappa shape index (κ2) is 7.13. The second-order valence-corrected chi connectivity index (χ2v) is 6.54. The molecule has 18 heavy (non-hydrogen) atoms. The molecular formula is C15H29NO2. The van der Waals surface area contributed by atoms with Gasteiger partial charge in [-0.25, -0.2) is 0 Å². The number of ether oxygens (including phenoxy) is 1. The summed E-state index contributed by atoms with van der Waals surface area (Å²) in [6, 6.07) is 0. The Kier molecular flexibility index (Phi) is 6.13. The summed E-state index contributed by atoms with van der Waals surface area (Å²) in [5.74, 6) is 0.824. The topological polar surface area (TPSA) is 52.3 Å². The molecule has 0 saturated heterocycles. The van der Waals surface area contributed by atoms with Crippen LogP contribution in [0.3, 0.4) is 0 Å². The lowest BCUT2D eigenvalue weighted by Gasteiger charge is -2.26. The first-order valence-electron chi connectivity index (χ1n) is 7.34. The Hall–Kier alpha value is -0.570. The molecule has 0 bridgehead atoms. The molecule has 1 rings (SSSR count). The van der Waals surface area contributed by atoms with E-state index >= 15 is 0 Å². The molecule has 1 saturated carbocycles. The van der Waals surface area contributed by atoms with Gasteiger partial charge in [-0.05, 0) is 39.2 Å². The maximum Gasteiger partial charge on any atom is 0.306 e. The molecule has 0 aromatic carbocycles. The number of rotatable bonds is 4. The van der Waals surface area contributed by atoms with E-state index in [-0.39, 0.29) is 11.6 Å². The maximum absolute atomic E-state index is 11.9. The molecule has 0 aliphatic heterocycles. The van der Waals surface area contributed by atoms with Gasteiger partial charge in [-0.15, -0.1) is 0 Å². The summed E-state index contributed by atoms with van der Waals surface area (Å²) in [5, 5.41) is 0. The van der Waals surface area contributed by atoms with Crippen molar-refractivity contribution in [2.24, 2.45) is 17.6 Å². The summed E-state index contributed by atoms with van der Waals surface area (Å²) in [7, 11) is 0.